The van der Waals surface area contributed by atoms with Crippen LogP contribution >= 0.6 is 15.9 Å². The third-order valence-corrected chi connectivity index (χ3v) is 4.10. The third-order valence-electron chi connectivity index (χ3n) is 3.61. The van der Waals surface area contributed by atoms with E-state index >= 15 is 0 Å². The maximum atomic E-state index is 11.2. The van der Waals surface area contributed by atoms with Gasteiger partial charge in [-0.05, 0) is 43.2 Å². The Labute approximate surface area is 156 Å². The second kappa shape index (κ2) is 9.09. The molecule has 0 amide bonds. The number of ketones is 2. The van der Waals surface area contributed by atoms with Gasteiger partial charge >= 0.3 is 0 Å². The second-order valence-electron chi connectivity index (χ2n) is 5.57. The second-order valence-corrected chi connectivity index (χ2v) is 6.49. The molecule has 0 aromatic heterocycles. The number of benzene rings is 3. The van der Waals surface area contributed by atoms with Gasteiger partial charge in [0, 0.05) is 15.6 Å². The van der Waals surface area contributed by atoms with Crippen molar-refractivity contribution in [2.75, 3.05) is 0 Å². The summed E-state index contributed by atoms with van der Waals surface area (Å²) in [5.74, 6) is 0.203. The van der Waals surface area contributed by atoms with Crippen molar-refractivity contribution in [2.24, 2.45) is 0 Å². The van der Waals surface area contributed by atoms with Crippen molar-refractivity contribution in [3.63, 3.8) is 0 Å². The summed E-state index contributed by atoms with van der Waals surface area (Å²) >= 11 is 3.28. The summed E-state index contributed by atoms with van der Waals surface area (Å²) in [6.07, 6.45) is 0. The molecule has 126 valence electrons. The van der Waals surface area contributed by atoms with E-state index in [0.717, 1.165) is 26.7 Å². The molecule has 0 N–H and O–H groups in total. The molecule has 0 aliphatic rings. The lowest BCUT2D eigenvalue weighted by Gasteiger charge is -2.02. The third kappa shape index (κ3) is 5.80. The fourth-order valence-corrected chi connectivity index (χ4v) is 2.66. The molecule has 0 aliphatic carbocycles. The highest BCUT2D eigenvalue weighted by Crippen LogP contribution is 2.20. The van der Waals surface area contributed by atoms with Gasteiger partial charge in [0.15, 0.2) is 11.6 Å². The van der Waals surface area contributed by atoms with Crippen LogP contribution in [-0.2, 0) is 0 Å². The lowest BCUT2D eigenvalue weighted by atomic mass is 10.0. The minimum absolute atomic E-state index is 0.0984. The molecular formula is C22H19BrO2. The molecule has 3 heteroatoms. The van der Waals surface area contributed by atoms with Gasteiger partial charge in [-0.25, -0.2) is 0 Å². The zero-order valence-corrected chi connectivity index (χ0v) is 15.8. The van der Waals surface area contributed by atoms with E-state index in [9.17, 15) is 9.59 Å². The highest BCUT2D eigenvalue weighted by molar-refractivity contribution is 9.10. The number of rotatable bonds is 3. The van der Waals surface area contributed by atoms with E-state index in [1.807, 2.05) is 72.8 Å². The van der Waals surface area contributed by atoms with Gasteiger partial charge in [0.05, 0.1) is 0 Å². The van der Waals surface area contributed by atoms with E-state index < -0.39 is 0 Å². The van der Waals surface area contributed by atoms with Crippen molar-refractivity contribution in [2.45, 2.75) is 13.8 Å². The molecule has 3 rings (SSSR count). The number of halogens is 1. The predicted molar refractivity (Wildman–Crippen MR) is 106 cm³/mol. The van der Waals surface area contributed by atoms with Crippen LogP contribution < -0.4 is 0 Å². The normalized spacial score (nSPS) is 9.72. The van der Waals surface area contributed by atoms with Gasteiger partial charge in [-0.15, -0.1) is 0 Å². The zero-order chi connectivity index (χ0) is 18.2. The summed E-state index contributed by atoms with van der Waals surface area (Å²) in [7, 11) is 0. The Morgan fingerprint density at radius 1 is 0.640 bits per heavy atom. The molecule has 0 radical (unpaired) electrons. The average molecular weight is 395 g/mol. The van der Waals surface area contributed by atoms with Gasteiger partial charge in [-0.1, -0.05) is 76.6 Å². The predicted octanol–water partition coefficient (Wildman–Crippen LogP) is 6.21. The van der Waals surface area contributed by atoms with Crippen LogP contribution in [0.15, 0.2) is 83.3 Å². The molecule has 2 nitrogen and oxygen atoms in total. The van der Waals surface area contributed by atoms with Crippen LogP contribution in [0.3, 0.4) is 0 Å². The summed E-state index contributed by atoms with van der Waals surface area (Å²) in [4.78, 5) is 22.0. The molecule has 0 heterocycles. The van der Waals surface area contributed by atoms with Crippen LogP contribution in [0, 0.1) is 0 Å². The Morgan fingerprint density at radius 3 is 1.68 bits per heavy atom. The van der Waals surface area contributed by atoms with E-state index in [1.165, 1.54) is 0 Å². The first-order valence-corrected chi connectivity index (χ1v) is 8.69. The smallest absolute Gasteiger partial charge is 0.159 e. The number of carbonyl (C=O) groups is 2. The lowest BCUT2D eigenvalue weighted by Crippen LogP contribution is -1.91. The first kappa shape index (κ1) is 18.8. The van der Waals surface area contributed by atoms with E-state index in [-0.39, 0.29) is 11.6 Å². The fraction of sp³-hybridized carbons (Fsp3) is 0.0909. The minimum atomic E-state index is 0.0984. The van der Waals surface area contributed by atoms with E-state index in [0.29, 0.717) is 0 Å². The zero-order valence-electron chi connectivity index (χ0n) is 14.2. The maximum absolute atomic E-state index is 11.2. The Bertz CT molecular complexity index is 870. The SMILES string of the molecule is CC(=O)c1cccc(-c2ccccc2)c1.CC(=O)c1cccc(Br)c1. The summed E-state index contributed by atoms with van der Waals surface area (Å²) in [5, 5.41) is 0. The molecule has 0 saturated carbocycles. The van der Waals surface area contributed by atoms with Crippen molar-refractivity contribution in [3.05, 3.63) is 94.5 Å². The molecule has 0 fully saturated rings. The van der Waals surface area contributed by atoms with Crippen molar-refractivity contribution >= 4 is 27.5 Å². The van der Waals surface area contributed by atoms with Crippen molar-refractivity contribution in [3.8, 4) is 11.1 Å². The fourth-order valence-electron chi connectivity index (χ4n) is 2.26. The van der Waals surface area contributed by atoms with E-state index in [1.54, 1.807) is 19.9 Å². The average Bonchev–Trinajstić information content (AvgIpc) is 2.63. The molecule has 0 bridgehead atoms. The molecule has 0 unspecified atom stereocenters. The van der Waals surface area contributed by atoms with Gasteiger partial charge in [-0.3, -0.25) is 9.59 Å². The summed E-state index contributed by atoms with van der Waals surface area (Å²) in [5.41, 5.74) is 3.73. The largest absolute Gasteiger partial charge is 0.295 e. The number of hydrogen-bond donors (Lipinski definition) is 0. The quantitative estimate of drug-likeness (QED) is 0.494. The Balaban J connectivity index is 0.000000196. The molecule has 0 spiro atoms. The van der Waals surface area contributed by atoms with Gasteiger partial charge in [0.25, 0.3) is 0 Å². The van der Waals surface area contributed by atoms with Crippen LogP contribution in [-0.4, -0.2) is 11.6 Å². The van der Waals surface area contributed by atoms with Crippen molar-refractivity contribution < 1.29 is 9.59 Å². The Morgan fingerprint density at radius 2 is 1.16 bits per heavy atom. The topological polar surface area (TPSA) is 34.1 Å². The van der Waals surface area contributed by atoms with Crippen LogP contribution in [0.5, 0.6) is 0 Å². The number of Topliss-reactive ketones (excluding diaryl/α,β-unsaturated/α-hetero) is 2. The first-order valence-electron chi connectivity index (χ1n) is 7.90. The molecule has 0 saturated heterocycles. The number of carbonyl (C=O) groups excluding carboxylic acids is 2. The van der Waals surface area contributed by atoms with E-state index in [4.69, 9.17) is 0 Å². The molecular weight excluding hydrogens is 376 g/mol. The molecule has 3 aromatic carbocycles. The molecule has 0 atom stereocenters. The Kier molecular flexibility index (Phi) is 6.84. The van der Waals surface area contributed by atoms with Gasteiger partial charge < -0.3 is 0 Å². The standard InChI is InChI=1S/C14H12O.C8H7BrO/c1-11(15)13-8-5-9-14(10-13)12-6-3-2-4-7-12;1-6(10)7-3-2-4-8(9)5-7/h2-10H,1H3;2-5H,1H3. The molecule has 25 heavy (non-hydrogen) atoms. The molecule has 0 aliphatic heterocycles. The minimum Gasteiger partial charge on any atom is -0.295 e. The van der Waals surface area contributed by atoms with Crippen LogP contribution in [0.1, 0.15) is 34.6 Å². The summed E-state index contributed by atoms with van der Waals surface area (Å²) in [6, 6.07) is 25.1. The number of hydrogen-bond acceptors (Lipinski definition) is 2. The highest BCUT2D eigenvalue weighted by Gasteiger charge is 2.01. The van der Waals surface area contributed by atoms with Crippen molar-refractivity contribution in [1.29, 1.82) is 0 Å². The van der Waals surface area contributed by atoms with Gasteiger partial charge in [0.2, 0.25) is 0 Å². The van der Waals surface area contributed by atoms with Crippen LogP contribution in [0.2, 0.25) is 0 Å². The summed E-state index contributed by atoms with van der Waals surface area (Å²) in [6.45, 7) is 3.14. The van der Waals surface area contributed by atoms with Crippen molar-refractivity contribution in [1.82, 2.24) is 0 Å². The Hall–Kier alpha value is -2.52. The lowest BCUT2D eigenvalue weighted by molar-refractivity contribution is 0.100. The van der Waals surface area contributed by atoms with Gasteiger partial charge in [-0.2, -0.15) is 0 Å². The molecule has 3 aromatic rings. The van der Waals surface area contributed by atoms with Crippen LogP contribution in [0.4, 0.5) is 0 Å². The van der Waals surface area contributed by atoms with Gasteiger partial charge in [0.1, 0.15) is 0 Å². The highest BCUT2D eigenvalue weighted by atomic mass is 79.9. The van der Waals surface area contributed by atoms with Crippen LogP contribution in [0.25, 0.3) is 11.1 Å². The first-order chi connectivity index (χ1) is 12.0. The monoisotopic (exact) mass is 394 g/mol. The maximum Gasteiger partial charge on any atom is 0.159 e. The van der Waals surface area contributed by atoms with E-state index in [2.05, 4.69) is 15.9 Å². The summed E-state index contributed by atoms with van der Waals surface area (Å²) < 4.78 is 0.945.